The van der Waals surface area contributed by atoms with Crippen molar-refractivity contribution in [1.82, 2.24) is 0 Å². The van der Waals surface area contributed by atoms with E-state index in [9.17, 15) is 22.0 Å². The first kappa shape index (κ1) is 16.0. The van der Waals surface area contributed by atoms with Crippen molar-refractivity contribution in [3.05, 3.63) is 12.2 Å². The molecule has 0 radical (unpaired) electrons. The van der Waals surface area contributed by atoms with E-state index in [0.717, 1.165) is 0 Å². The number of carbonyl (C=O) groups excluding carboxylic acids is 1. The number of halogens is 2. The van der Waals surface area contributed by atoms with Gasteiger partial charge in [0.2, 0.25) is 0 Å². The smallest absolute Gasteiger partial charge is 0.333 e. The Labute approximate surface area is 98.2 Å². The molecular formula is C9H14F2O5S. The normalized spacial score (nSPS) is 12.2. The largest absolute Gasteiger partial charge is 0.462 e. The van der Waals surface area contributed by atoms with Gasteiger partial charge in [-0.25, -0.2) is 13.6 Å². The number of alkyl halides is 2. The summed E-state index contributed by atoms with van der Waals surface area (Å²) in [5.41, 5.74) is 0.148. The Morgan fingerprint density at radius 2 is 2.00 bits per heavy atom. The van der Waals surface area contributed by atoms with E-state index in [-0.39, 0.29) is 18.6 Å². The van der Waals surface area contributed by atoms with E-state index in [0.29, 0.717) is 0 Å². The van der Waals surface area contributed by atoms with Gasteiger partial charge in [0, 0.05) is 12.0 Å². The fraction of sp³-hybridized carbons (Fsp3) is 0.667. The van der Waals surface area contributed by atoms with Crippen LogP contribution in [0.2, 0.25) is 0 Å². The lowest BCUT2D eigenvalue weighted by Gasteiger charge is -2.14. The van der Waals surface area contributed by atoms with Crippen molar-refractivity contribution in [2.75, 3.05) is 12.4 Å². The van der Waals surface area contributed by atoms with Crippen LogP contribution in [-0.2, 0) is 19.6 Å². The van der Waals surface area contributed by atoms with Crippen LogP contribution in [0, 0.1) is 0 Å². The molecule has 0 aromatic carbocycles. The molecule has 0 spiro atoms. The molecule has 0 aliphatic carbocycles. The molecule has 0 aliphatic heterocycles. The van der Waals surface area contributed by atoms with Crippen molar-refractivity contribution < 1.29 is 31.3 Å². The van der Waals surface area contributed by atoms with Gasteiger partial charge in [-0.15, -0.1) is 0 Å². The Bertz CT molecular complexity index is 388. The van der Waals surface area contributed by atoms with Gasteiger partial charge >= 0.3 is 5.97 Å². The van der Waals surface area contributed by atoms with Crippen molar-refractivity contribution in [1.29, 1.82) is 0 Å². The third-order valence-corrected chi connectivity index (χ3v) is 2.45. The summed E-state index contributed by atoms with van der Waals surface area (Å²) in [6.45, 7) is 4.45. The molecule has 0 atom stereocenters. The summed E-state index contributed by atoms with van der Waals surface area (Å²) in [5, 5.41) is 0. The van der Waals surface area contributed by atoms with Gasteiger partial charge in [-0.1, -0.05) is 6.58 Å². The fourth-order valence-corrected chi connectivity index (χ4v) is 1.64. The summed E-state index contributed by atoms with van der Waals surface area (Å²) in [4.78, 5) is 10.9. The molecular weight excluding hydrogens is 258 g/mol. The van der Waals surface area contributed by atoms with Crippen LogP contribution >= 0.6 is 0 Å². The van der Waals surface area contributed by atoms with Crippen LogP contribution in [-0.4, -0.2) is 37.2 Å². The summed E-state index contributed by atoms with van der Waals surface area (Å²) in [6.07, 6.45) is -1.00. The molecule has 0 saturated heterocycles. The van der Waals surface area contributed by atoms with E-state index in [1.165, 1.54) is 6.92 Å². The SMILES string of the molecule is C=C(C)C(=O)OCCCC(F)(F)CS(=O)(=O)O. The maximum absolute atomic E-state index is 12.9. The highest BCUT2D eigenvalue weighted by atomic mass is 32.2. The van der Waals surface area contributed by atoms with Crippen LogP contribution < -0.4 is 0 Å². The lowest BCUT2D eigenvalue weighted by molar-refractivity contribution is -0.139. The minimum Gasteiger partial charge on any atom is -0.462 e. The molecule has 0 heterocycles. The number of carbonyl (C=O) groups is 1. The highest BCUT2D eigenvalue weighted by Gasteiger charge is 2.34. The molecule has 0 fully saturated rings. The zero-order valence-electron chi connectivity index (χ0n) is 9.28. The predicted molar refractivity (Wildman–Crippen MR) is 56.4 cm³/mol. The molecule has 0 amide bonds. The zero-order valence-corrected chi connectivity index (χ0v) is 10.1. The molecule has 0 unspecified atom stereocenters. The van der Waals surface area contributed by atoms with Gasteiger partial charge < -0.3 is 4.74 Å². The Morgan fingerprint density at radius 1 is 1.47 bits per heavy atom. The Morgan fingerprint density at radius 3 is 2.41 bits per heavy atom. The minimum absolute atomic E-state index is 0.148. The van der Waals surface area contributed by atoms with Crippen LogP contribution in [0.15, 0.2) is 12.2 Å². The third-order valence-electron chi connectivity index (χ3n) is 1.66. The van der Waals surface area contributed by atoms with Crippen molar-refractivity contribution in [2.45, 2.75) is 25.7 Å². The number of ether oxygens (including phenoxy) is 1. The van der Waals surface area contributed by atoms with Gasteiger partial charge in [0.15, 0.2) is 0 Å². The van der Waals surface area contributed by atoms with E-state index in [4.69, 9.17) is 4.55 Å². The molecule has 0 bridgehead atoms. The monoisotopic (exact) mass is 272 g/mol. The summed E-state index contributed by atoms with van der Waals surface area (Å²) in [7, 11) is -4.72. The van der Waals surface area contributed by atoms with Crippen molar-refractivity contribution in [2.24, 2.45) is 0 Å². The first-order valence-electron chi connectivity index (χ1n) is 4.69. The summed E-state index contributed by atoms with van der Waals surface area (Å²) in [6, 6.07) is 0. The lowest BCUT2D eigenvalue weighted by atomic mass is 10.2. The molecule has 17 heavy (non-hydrogen) atoms. The topological polar surface area (TPSA) is 80.7 Å². The van der Waals surface area contributed by atoms with E-state index >= 15 is 0 Å². The van der Waals surface area contributed by atoms with Crippen LogP contribution in [0.3, 0.4) is 0 Å². The van der Waals surface area contributed by atoms with Gasteiger partial charge in [0.05, 0.1) is 6.61 Å². The van der Waals surface area contributed by atoms with Gasteiger partial charge in [0.1, 0.15) is 5.75 Å². The highest BCUT2D eigenvalue weighted by Crippen LogP contribution is 2.22. The van der Waals surface area contributed by atoms with Crippen molar-refractivity contribution >= 4 is 16.1 Å². The molecule has 0 rings (SSSR count). The van der Waals surface area contributed by atoms with Crippen LogP contribution in [0.1, 0.15) is 19.8 Å². The van der Waals surface area contributed by atoms with Gasteiger partial charge in [-0.05, 0) is 13.3 Å². The molecule has 1 N–H and O–H groups in total. The molecule has 8 heteroatoms. The minimum atomic E-state index is -4.72. The number of rotatable bonds is 7. The first-order valence-corrected chi connectivity index (χ1v) is 6.30. The second-order valence-corrected chi connectivity index (χ2v) is 5.05. The third kappa shape index (κ3) is 8.75. The first-order chi connectivity index (χ1) is 7.53. The molecule has 5 nitrogen and oxygen atoms in total. The summed E-state index contributed by atoms with van der Waals surface area (Å²) < 4.78 is 59.1. The fourth-order valence-electron chi connectivity index (χ4n) is 0.958. The van der Waals surface area contributed by atoms with Gasteiger partial charge in [-0.2, -0.15) is 8.42 Å². The van der Waals surface area contributed by atoms with E-state index in [1.54, 1.807) is 0 Å². The number of hydrogen-bond donors (Lipinski definition) is 1. The standard InChI is InChI=1S/C9H14F2O5S/c1-7(2)8(12)16-5-3-4-9(10,11)6-17(13,14)15/h1,3-6H2,2H3,(H,13,14,15). The predicted octanol–water partition coefficient (Wildman–Crippen LogP) is 1.41. The van der Waals surface area contributed by atoms with Crippen LogP contribution in [0.5, 0.6) is 0 Å². The number of esters is 1. The second-order valence-electron chi connectivity index (χ2n) is 3.60. The maximum Gasteiger partial charge on any atom is 0.333 e. The van der Waals surface area contributed by atoms with E-state index < -0.39 is 34.2 Å². The number of hydrogen-bond acceptors (Lipinski definition) is 4. The van der Waals surface area contributed by atoms with E-state index in [2.05, 4.69) is 11.3 Å². The zero-order chi connectivity index (χ0) is 13.7. The summed E-state index contributed by atoms with van der Waals surface area (Å²) >= 11 is 0. The van der Waals surface area contributed by atoms with Crippen LogP contribution in [0.25, 0.3) is 0 Å². The lowest BCUT2D eigenvalue weighted by Crippen LogP contribution is -2.28. The average Bonchev–Trinajstić information content (AvgIpc) is 2.07. The van der Waals surface area contributed by atoms with Gasteiger partial charge in [-0.3, -0.25) is 4.55 Å². The maximum atomic E-state index is 12.9. The van der Waals surface area contributed by atoms with Crippen LogP contribution in [0.4, 0.5) is 8.78 Å². The molecule has 0 aliphatic rings. The van der Waals surface area contributed by atoms with Crippen molar-refractivity contribution in [3.63, 3.8) is 0 Å². The second kappa shape index (κ2) is 6.06. The molecule has 0 aromatic rings. The van der Waals surface area contributed by atoms with Gasteiger partial charge in [0.25, 0.3) is 16.0 Å². The Kier molecular flexibility index (Phi) is 5.70. The Balaban J connectivity index is 3.96. The molecule has 0 saturated carbocycles. The van der Waals surface area contributed by atoms with Crippen molar-refractivity contribution in [3.8, 4) is 0 Å². The van der Waals surface area contributed by atoms with E-state index in [1.807, 2.05) is 0 Å². The average molecular weight is 272 g/mol. The quantitative estimate of drug-likeness (QED) is 0.328. The summed E-state index contributed by atoms with van der Waals surface area (Å²) in [5.74, 6) is -5.86. The Hall–Kier alpha value is -1.02. The molecule has 100 valence electrons. The molecule has 0 aromatic heterocycles. The highest BCUT2D eigenvalue weighted by molar-refractivity contribution is 7.85.